The van der Waals surface area contributed by atoms with E-state index in [2.05, 4.69) is 15.4 Å². The molecule has 2 heterocycles. The third-order valence-electron chi connectivity index (χ3n) is 5.49. The van der Waals surface area contributed by atoms with Crippen molar-refractivity contribution in [2.24, 2.45) is 7.05 Å². The van der Waals surface area contributed by atoms with Gasteiger partial charge in [-0.05, 0) is 31.5 Å². The highest BCUT2D eigenvalue weighted by Crippen LogP contribution is 2.27. The highest BCUT2D eigenvalue weighted by atomic mass is 32.2. The molecule has 1 N–H and O–H groups in total. The molecule has 0 saturated carbocycles. The summed E-state index contributed by atoms with van der Waals surface area (Å²) in [5.41, 5.74) is 4.03. The molecule has 8 nitrogen and oxygen atoms in total. The van der Waals surface area contributed by atoms with Gasteiger partial charge in [0, 0.05) is 25.0 Å². The molecular formula is C24H25N5O3S2. The van der Waals surface area contributed by atoms with Crippen LogP contribution in [0.3, 0.4) is 0 Å². The molecule has 34 heavy (non-hydrogen) atoms. The van der Waals surface area contributed by atoms with Crippen LogP contribution in [0.1, 0.15) is 27.2 Å². The summed E-state index contributed by atoms with van der Waals surface area (Å²) in [6, 6.07) is 14.6. The van der Waals surface area contributed by atoms with E-state index in [4.69, 9.17) is 0 Å². The summed E-state index contributed by atoms with van der Waals surface area (Å²) in [6.45, 7) is 4.13. The first-order chi connectivity index (χ1) is 16.2. The normalized spacial score (nSPS) is 11.4. The minimum atomic E-state index is -3.87. The molecule has 0 spiro atoms. The van der Waals surface area contributed by atoms with Gasteiger partial charge in [-0.3, -0.25) is 13.8 Å². The molecule has 0 aliphatic heterocycles. The molecule has 0 atom stereocenters. The van der Waals surface area contributed by atoms with Crippen molar-refractivity contribution in [3.05, 3.63) is 82.5 Å². The summed E-state index contributed by atoms with van der Waals surface area (Å²) in [4.78, 5) is 17.8. The molecular weight excluding hydrogens is 470 g/mol. The number of nitrogens with one attached hydrogen (secondary N) is 1. The summed E-state index contributed by atoms with van der Waals surface area (Å²) in [5.74, 6) is -0.253. The van der Waals surface area contributed by atoms with E-state index >= 15 is 0 Å². The van der Waals surface area contributed by atoms with Gasteiger partial charge in [0.05, 0.1) is 23.3 Å². The second-order valence-corrected chi connectivity index (χ2v) is 10.8. The van der Waals surface area contributed by atoms with Crippen molar-refractivity contribution in [3.8, 4) is 10.6 Å². The van der Waals surface area contributed by atoms with Gasteiger partial charge in [-0.2, -0.15) is 5.10 Å². The van der Waals surface area contributed by atoms with E-state index in [1.807, 2.05) is 43.5 Å². The summed E-state index contributed by atoms with van der Waals surface area (Å²) in [7, 11) is -0.860. The van der Waals surface area contributed by atoms with Crippen LogP contribution in [-0.2, 0) is 23.6 Å². The topological polar surface area (TPSA) is 97.2 Å². The van der Waals surface area contributed by atoms with Crippen LogP contribution in [0.15, 0.2) is 65.0 Å². The fourth-order valence-corrected chi connectivity index (χ4v) is 5.69. The first kappa shape index (κ1) is 23.7. The van der Waals surface area contributed by atoms with Gasteiger partial charge >= 0.3 is 0 Å². The highest BCUT2D eigenvalue weighted by Gasteiger charge is 2.28. The lowest BCUT2D eigenvalue weighted by Gasteiger charge is -2.21. The number of aryl methyl sites for hydroxylation is 3. The Morgan fingerprint density at radius 1 is 1.12 bits per heavy atom. The van der Waals surface area contributed by atoms with Gasteiger partial charge in [-0.25, -0.2) is 13.4 Å². The zero-order valence-electron chi connectivity index (χ0n) is 19.3. The number of hydrogen-bond acceptors (Lipinski definition) is 6. The largest absolute Gasteiger partial charge is 0.346 e. The Kier molecular flexibility index (Phi) is 6.54. The standard InChI is InChI=1S/C24H25N5O3S2/c1-16-9-11-19(12-10-16)34(31,32)29(4)24-21(14-26-28(24)3)22(30)25-13-18-15-33-23(27-18)20-8-6-5-7-17(20)2/h5-12,14-15H,13H2,1-4H3,(H,25,30). The summed E-state index contributed by atoms with van der Waals surface area (Å²) >= 11 is 1.51. The van der Waals surface area contributed by atoms with Crippen molar-refractivity contribution in [3.63, 3.8) is 0 Å². The Hall–Kier alpha value is -3.50. The van der Waals surface area contributed by atoms with Gasteiger partial charge in [0.2, 0.25) is 0 Å². The average molecular weight is 496 g/mol. The lowest BCUT2D eigenvalue weighted by molar-refractivity contribution is 0.0951. The van der Waals surface area contributed by atoms with E-state index in [9.17, 15) is 13.2 Å². The second-order valence-electron chi connectivity index (χ2n) is 7.93. The summed E-state index contributed by atoms with van der Waals surface area (Å²) in [6.07, 6.45) is 1.37. The zero-order valence-corrected chi connectivity index (χ0v) is 20.9. The molecule has 0 saturated heterocycles. The molecule has 0 aliphatic carbocycles. The van der Waals surface area contributed by atoms with Crippen LogP contribution in [0, 0.1) is 13.8 Å². The van der Waals surface area contributed by atoms with Gasteiger partial charge < -0.3 is 5.32 Å². The van der Waals surface area contributed by atoms with Crippen molar-refractivity contribution in [2.75, 3.05) is 11.4 Å². The molecule has 0 radical (unpaired) electrons. The van der Waals surface area contributed by atoms with E-state index < -0.39 is 15.9 Å². The lowest BCUT2D eigenvalue weighted by atomic mass is 10.1. The Balaban J connectivity index is 1.52. The highest BCUT2D eigenvalue weighted by molar-refractivity contribution is 7.92. The van der Waals surface area contributed by atoms with Crippen LogP contribution in [0.2, 0.25) is 0 Å². The first-order valence-electron chi connectivity index (χ1n) is 10.5. The molecule has 4 aromatic rings. The maximum atomic E-state index is 13.2. The molecule has 1 amide bonds. The van der Waals surface area contributed by atoms with E-state index in [0.29, 0.717) is 0 Å². The van der Waals surface area contributed by atoms with Crippen molar-refractivity contribution in [2.45, 2.75) is 25.3 Å². The van der Waals surface area contributed by atoms with Crippen LogP contribution < -0.4 is 9.62 Å². The Bertz CT molecular complexity index is 1440. The number of benzene rings is 2. The number of hydrogen-bond donors (Lipinski definition) is 1. The van der Waals surface area contributed by atoms with Crippen LogP contribution in [0.4, 0.5) is 5.82 Å². The average Bonchev–Trinajstić information content (AvgIpc) is 3.44. The first-order valence-corrected chi connectivity index (χ1v) is 12.9. The molecule has 0 bridgehead atoms. The van der Waals surface area contributed by atoms with Gasteiger partial charge in [-0.15, -0.1) is 11.3 Å². The van der Waals surface area contributed by atoms with Gasteiger partial charge in [0.15, 0.2) is 5.82 Å². The Labute approximate surface area is 202 Å². The van der Waals surface area contributed by atoms with Crippen LogP contribution in [0.25, 0.3) is 10.6 Å². The van der Waals surface area contributed by atoms with Crippen LogP contribution in [0.5, 0.6) is 0 Å². The van der Waals surface area contributed by atoms with E-state index in [0.717, 1.165) is 31.7 Å². The van der Waals surface area contributed by atoms with Crippen molar-refractivity contribution in [1.29, 1.82) is 0 Å². The van der Waals surface area contributed by atoms with Crippen LogP contribution in [-0.4, -0.2) is 36.1 Å². The van der Waals surface area contributed by atoms with Crippen molar-refractivity contribution in [1.82, 2.24) is 20.1 Å². The van der Waals surface area contributed by atoms with Crippen molar-refractivity contribution < 1.29 is 13.2 Å². The van der Waals surface area contributed by atoms with E-state index in [1.54, 1.807) is 31.3 Å². The predicted molar refractivity (Wildman–Crippen MR) is 133 cm³/mol. The quantitative estimate of drug-likeness (QED) is 0.419. The molecule has 10 heteroatoms. The lowest BCUT2D eigenvalue weighted by Crippen LogP contribution is -2.31. The van der Waals surface area contributed by atoms with E-state index in [1.165, 1.54) is 29.3 Å². The van der Waals surface area contributed by atoms with Crippen molar-refractivity contribution >= 4 is 33.1 Å². The predicted octanol–water partition coefficient (Wildman–Crippen LogP) is 3.92. The fourth-order valence-electron chi connectivity index (χ4n) is 3.54. The molecule has 2 aromatic heterocycles. The smallest absolute Gasteiger partial charge is 0.265 e. The third kappa shape index (κ3) is 4.59. The molecule has 0 aliphatic rings. The minimum absolute atomic E-state index is 0.138. The van der Waals surface area contributed by atoms with Gasteiger partial charge in [0.1, 0.15) is 10.6 Å². The number of aromatic nitrogens is 3. The summed E-state index contributed by atoms with van der Waals surface area (Å²) in [5, 5.41) is 9.74. The maximum Gasteiger partial charge on any atom is 0.265 e. The third-order valence-corrected chi connectivity index (χ3v) is 8.17. The molecule has 0 fully saturated rings. The number of nitrogens with zero attached hydrogens (tertiary/aromatic N) is 4. The number of amides is 1. The SMILES string of the molecule is Cc1ccc(S(=O)(=O)N(C)c2c(C(=O)NCc3csc(-c4ccccc4C)n3)cnn2C)cc1. The van der Waals surface area contributed by atoms with Gasteiger partial charge in [-0.1, -0.05) is 42.0 Å². The second kappa shape index (κ2) is 9.40. The molecule has 2 aromatic carbocycles. The number of rotatable bonds is 7. The monoisotopic (exact) mass is 495 g/mol. The number of anilines is 1. The Morgan fingerprint density at radius 2 is 1.82 bits per heavy atom. The van der Waals surface area contributed by atoms with E-state index in [-0.39, 0.29) is 22.8 Å². The number of carbonyl (C=O) groups excluding carboxylic acids is 1. The molecule has 0 unspecified atom stereocenters. The number of carbonyl (C=O) groups is 1. The molecule has 4 rings (SSSR count). The number of sulfonamides is 1. The Morgan fingerprint density at radius 3 is 2.53 bits per heavy atom. The maximum absolute atomic E-state index is 13.2. The number of thiazole rings is 1. The van der Waals surface area contributed by atoms with Gasteiger partial charge in [0.25, 0.3) is 15.9 Å². The van der Waals surface area contributed by atoms with Crippen LogP contribution >= 0.6 is 11.3 Å². The fraction of sp³-hybridized carbons (Fsp3) is 0.208. The minimum Gasteiger partial charge on any atom is -0.346 e. The molecule has 176 valence electrons. The summed E-state index contributed by atoms with van der Waals surface area (Å²) < 4.78 is 28.8. The zero-order chi connectivity index (χ0) is 24.5.